The zero-order valence-electron chi connectivity index (χ0n) is 29.6. The summed E-state index contributed by atoms with van der Waals surface area (Å²) in [5, 5.41) is 3.70. The van der Waals surface area contributed by atoms with Gasteiger partial charge in [0.1, 0.15) is 28.7 Å². The Hall–Kier alpha value is -5.80. The number of fused-ring (bicyclic) bond motifs is 2. The first-order valence-corrected chi connectivity index (χ1v) is 17.3. The van der Waals surface area contributed by atoms with Crippen LogP contribution in [0.3, 0.4) is 0 Å². The number of ether oxygens (including phenoxy) is 7. The van der Waals surface area contributed by atoms with E-state index in [1.165, 1.54) is 6.26 Å². The lowest BCUT2D eigenvalue weighted by Crippen LogP contribution is -2.11. The normalized spacial score (nSPS) is 10.9. The van der Waals surface area contributed by atoms with Gasteiger partial charge < -0.3 is 33.2 Å². The van der Waals surface area contributed by atoms with E-state index in [-0.39, 0.29) is 19.5 Å². The molecular formula is C43H44O9. The molecule has 9 heteroatoms. The lowest BCUT2D eigenvalue weighted by molar-refractivity contribution is -0.128. The SMILES string of the molecule is C=COCOCCCCCCOc1ccc2cc(OCOc3ccc(OC(=O)c4ccc5cc(OC(=O)C=C)ccc5c4)c(C(C)C)c3)ccc2c1. The number of hydrogen-bond donors (Lipinski definition) is 0. The van der Waals surface area contributed by atoms with Crippen molar-refractivity contribution in [1.82, 2.24) is 0 Å². The van der Waals surface area contributed by atoms with Gasteiger partial charge in [-0.25, -0.2) is 9.59 Å². The van der Waals surface area contributed by atoms with Crippen molar-refractivity contribution in [2.24, 2.45) is 0 Å². The van der Waals surface area contributed by atoms with Crippen LogP contribution in [0.15, 0.2) is 116 Å². The van der Waals surface area contributed by atoms with Gasteiger partial charge in [0, 0.05) is 11.6 Å². The fraction of sp³-hybridized carbons (Fsp3) is 0.256. The summed E-state index contributed by atoms with van der Waals surface area (Å²) < 4.78 is 39.1. The Morgan fingerprint density at radius 1 is 0.615 bits per heavy atom. The highest BCUT2D eigenvalue weighted by molar-refractivity contribution is 5.97. The van der Waals surface area contributed by atoms with Crippen molar-refractivity contribution in [3.05, 3.63) is 128 Å². The molecule has 9 nitrogen and oxygen atoms in total. The van der Waals surface area contributed by atoms with E-state index < -0.39 is 11.9 Å². The molecule has 0 spiro atoms. The van der Waals surface area contributed by atoms with Gasteiger partial charge >= 0.3 is 11.9 Å². The summed E-state index contributed by atoms with van der Waals surface area (Å²) in [4.78, 5) is 24.7. The third kappa shape index (κ3) is 10.8. The predicted molar refractivity (Wildman–Crippen MR) is 201 cm³/mol. The molecule has 0 aliphatic heterocycles. The number of benzene rings is 5. The Bertz CT molecular complexity index is 2000. The minimum absolute atomic E-state index is 0.00366. The van der Waals surface area contributed by atoms with Crippen LogP contribution >= 0.6 is 0 Å². The third-order valence-electron chi connectivity index (χ3n) is 8.19. The first kappa shape index (κ1) is 37.5. The smallest absolute Gasteiger partial charge is 0.343 e. The van der Waals surface area contributed by atoms with Crippen LogP contribution in [0.1, 0.15) is 61.4 Å². The summed E-state index contributed by atoms with van der Waals surface area (Å²) in [6, 6.07) is 27.6. The van der Waals surface area contributed by atoms with Crippen LogP contribution in [0, 0.1) is 0 Å². The number of carbonyl (C=O) groups excluding carboxylic acids is 2. The molecule has 270 valence electrons. The lowest BCUT2D eigenvalue weighted by atomic mass is 10.0. The van der Waals surface area contributed by atoms with Gasteiger partial charge in [0.2, 0.25) is 6.79 Å². The molecule has 0 bridgehead atoms. The molecule has 0 aliphatic rings. The summed E-state index contributed by atoms with van der Waals surface area (Å²) in [7, 11) is 0. The molecule has 5 rings (SSSR count). The van der Waals surface area contributed by atoms with Crippen LogP contribution in [-0.4, -0.2) is 38.7 Å². The summed E-state index contributed by atoms with van der Waals surface area (Å²) >= 11 is 0. The molecule has 5 aromatic carbocycles. The Balaban J connectivity index is 1.10. The predicted octanol–water partition coefficient (Wildman–Crippen LogP) is 9.92. The molecule has 0 saturated carbocycles. The molecule has 0 aliphatic carbocycles. The molecule has 0 heterocycles. The molecule has 0 radical (unpaired) electrons. The van der Waals surface area contributed by atoms with Crippen LogP contribution in [0.25, 0.3) is 21.5 Å². The summed E-state index contributed by atoms with van der Waals surface area (Å²) in [6.07, 6.45) is 6.61. The van der Waals surface area contributed by atoms with E-state index in [1.807, 2.05) is 56.3 Å². The van der Waals surface area contributed by atoms with Gasteiger partial charge in [0.05, 0.1) is 25.0 Å². The topological polar surface area (TPSA) is 98.8 Å². The molecule has 5 aromatic rings. The molecule has 0 N–H and O–H groups in total. The Kier molecular flexibility index (Phi) is 13.7. The number of esters is 2. The van der Waals surface area contributed by atoms with Gasteiger partial charge in [0.25, 0.3) is 0 Å². The lowest BCUT2D eigenvalue weighted by Gasteiger charge is -2.16. The van der Waals surface area contributed by atoms with Gasteiger partial charge in [-0.1, -0.05) is 57.7 Å². The molecule has 0 unspecified atom stereocenters. The number of rotatable bonds is 20. The van der Waals surface area contributed by atoms with Crippen molar-refractivity contribution >= 4 is 33.5 Å². The maximum atomic E-state index is 13.2. The highest BCUT2D eigenvalue weighted by atomic mass is 16.7. The highest BCUT2D eigenvalue weighted by Crippen LogP contribution is 2.32. The van der Waals surface area contributed by atoms with Gasteiger partial charge in [0.15, 0.2) is 6.79 Å². The van der Waals surface area contributed by atoms with Crippen LogP contribution in [-0.2, 0) is 14.3 Å². The van der Waals surface area contributed by atoms with E-state index >= 15 is 0 Å². The molecule has 0 aromatic heterocycles. The summed E-state index contributed by atoms with van der Waals surface area (Å²) in [5.74, 6) is 2.00. The van der Waals surface area contributed by atoms with E-state index in [2.05, 4.69) is 13.2 Å². The minimum atomic E-state index is -0.539. The van der Waals surface area contributed by atoms with Gasteiger partial charge in [-0.3, -0.25) is 0 Å². The zero-order valence-corrected chi connectivity index (χ0v) is 29.6. The average molecular weight is 705 g/mol. The van der Waals surface area contributed by atoms with Crippen molar-refractivity contribution in [3.8, 4) is 28.7 Å². The van der Waals surface area contributed by atoms with Crippen molar-refractivity contribution in [1.29, 1.82) is 0 Å². The Morgan fingerprint density at radius 2 is 1.19 bits per heavy atom. The van der Waals surface area contributed by atoms with Gasteiger partial charge in [-0.15, -0.1) is 0 Å². The third-order valence-corrected chi connectivity index (χ3v) is 8.19. The largest absolute Gasteiger partial charge is 0.494 e. The Morgan fingerprint density at radius 3 is 1.87 bits per heavy atom. The van der Waals surface area contributed by atoms with Crippen LogP contribution < -0.4 is 23.7 Å². The minimum Gasteiger partial charge on any atom is -0.494 e. The van der Waals surface area contributed by atoms with Crippen LogP contribution in [0.2, 0.25) is 0 Å². The first-order chi connectivity index (χ1) is 25.3. The fourth-order valence-corrected chi connectivity index (χ4v) is 5.44. The molecule has 52 heavy (non-hydrogen) atoms. The second-order valence-electron chi connectivity index (χ2n) is 12.3. The number of carbonyl (C=O) groups is 2. The molecule has 0 fully saturated rings. The monoisotopic (exact) mass is 704 g/mol. The number of unbranched alkanes of at least 4 members (excludes halogenated alkanes) is 3. The van der Waals surface area contributed by atoms with Gasteiger partial charge in [-0.05, 0) is 113 Å². The number of hydrogen-bond acceptors (Lipinski definition) is 9. The molecule has 0 amide bonds. The quantitative estimate of drug-likeness (QED) is 0.0196. The van der Waals surface area contributed by atoms with Crippen LogP contribution in [0.5, 0.6) is 28.7 Å². The first-order valence-electron chi connectivity index (χ1n) is 17.3. The van der Waals surface area contributed by atoms with E-state index in [0.717, 1.165) is 64.6 Å². The average Bonchev–Trinajstić information content (AvgIpc) is 3.15. The second kappa shape index (κ2) is 19.0. The van der Waals surface area contributed by atoms with Crippen molar-refractivity contribution in [3.63, 3.8) is 0 Å². The van der Waals surface area contributed by atoms with E-state index in [0.29, 0.717) is 41.8 Å². The second-order valence-corrected chi connectivity index (χ2v) is 12.3. The van der Waals surface area contributed by atoms with Crippen molar-refractivity contribution in [2.75, 3.05) is 26.8 Å². The molecule has 0 saturated heterocycles. The van der Waals surface area contributed by atoms with E-state index in [9.17, 15) is 9.59 Å². The maximum absolute atomic E-state index is 13.2. The highest BCUT2D eigenvalue weighted by Gasteiger charge is 2.16. The maximum Gasteiger partial charge on any atom is 0.343 e. The van der Waals surface area contributed by atoms with Gasteiger partial charge in [-0.2, -0.15) is 0 Å². The molecular weight excluding hydrogens is 660 g/mol. The van der Waals surface area contributed by atoms with E-state index in [4.69, 9.17) is 33.2 Å². The van der Waals surface area contributed by atoms with E-state index in [1.54, 1.807) is 48.5 Å². The Labute approximate surface area is 304 Å². The van der Waals surface area contributed by atoms with Crippen molar-refractivity contribution < 1.29 is 42.7 Å². The van der Waals surface area contributed by atoms with Crippen LogP contribution in [0.4, 0.5) is 0 Å². The zero-order chi connectivity index (χ0) is 36.7. The standard InChI is InChI=1S/C43H44O9/c1-5-42(44)51-39-18-15-31-23-35(12-11-32(31)26-39)43(45)52-41-20-19-38(27-40(41)30(3)4)50-29-49-37-17-14-33-24-36(16-13-34(33)25-37)48-22-10-8-7-9-21-47-28-46-6-2/h5-6,11-20,23-27,30H,1-2,7-10,21-22,28-29H2,3-4H3. The summed E-state index contributed by atoms with van der Waals surface area (Å²) in [6.45, 7) is 12.5. The summed E-state index contributed by atoms with van der Waals surface area (Å²) in [5.41, 5.74) is 1.22. The van der Waals surface area contributed by atoms with Crippen molar-refractivity contribution in [2.45, 2.75) is 45.4 Å². The molecule has 0 atom stereocenters. The fourth-order valence-electron chi connectivity index (χ4n) is 5.44.